The minimum absolute atomic E-state index is 0.128. The van der Waals surface area contributed by atoms with E-state index in [9.17, 15) is 29.1 Å². The number of hydrogen-bond donors (Lipinski definition) is 1. The van der Waals surface area contributed by atoms with Crippen LogP contribution in [0.25, 0.3) is 0 Å². The first-order chi connectivity index (χ1) is 10.7. The van der Waals surface area contributed by atoms with Gasteiger partial charge in [0, 0.05) is 19.5 Å². The molecule has 0 saturated carbocycles. The number of hydrogen-bond acceptors (Lipinski definition) is 8. The highest BCUT2D eigenvalue weighted by Crippen LogP contribution is 2.28. The molecule has 0 aromatic heterocycles. The van der Waals surface area contributed by atoms with Gasteiger partial charge in [-0.05, 0) is 6.92 Å². The molecule has 1 fully saturated rings. The molecule has 128 valence electrons. The topological polar surface area (TPSA) is 131 Å². The molecule has 10 heteroatoms. The molecule has 0 bridgehead atoms. The maximum absolute atomic E-state index is 12.6. The highest BCUT2D eigenvalue weighted by atomic mass is 16.5. The lowest BCUT2D eigenvalue weighted by Gasteiger charge is -2.46. The number of ether oxygens (including phenoxy) is 2. The van der Waals surface area contributed by atoms with Crippen LogP contribution >= 0.6 is 0 Å². The Morgan fingerprint density at radius 2 is 1.91 bits per heavy atom. The molecule has 0 radical (unpaired) electrons. The summed E-state index contributed by atoms with van der Waals surface area (Å²) in [7, 11) is 2.11. The van der Waals surface area contributed by atoms with Crippen molar-refractivity contribution in [2.45, 2.75) is 24.9 Å². The van der Waals surface area contributed by atoms with E-state index in [0.29, 0.717) is 11.2 Å². The Morgan fingerprint density at radius 3 is 2.35 bits per heavy atom. The second kappa shape index (κ2) is 7.18. The number of methoxy groups -OCH3 is 2. The van der Waals surface area contributed by atoms with Crippen LogP contribution in [-0.4, -0.2) is 84.0 Å². The van der Waals surface area contributed by atoms with Crippen LogP contribution in [0, 0.1) is 0 Å². The van der Waals surface area contributed by atoms with Crippen molar-refractivity contribution < 1.29 is 38.6 Å². The van der Waals surface area contributed by atoms with E-state index in [2.05, 4.69) is 9.47 Å². The molecule has 1 N–H and O–H groups in total. The number of aldehydes is 1. The van der Waals surface area contributed by atoms with Crippen molar-refractivity contribution in [1.82, 2.24) is 9.80 Å². The van der Waals surface area contributed by atoms with E-state index in [1.54, 1.807) is 0 Å². The molecule has 10 nitrogen and oxygen atoms in total. The van der Waals surface area contributed by atoms with Crippen LogP contribution in [0.3, 0.4) is 0 Å². The molecular formula is C13H18N2O8. The number of piperazine rings is 1. The normalized spacial score (nSPS) is 23.1. The van der Waals surface area contributed by atoms with Crippen LogP contribution in [0.5, 0.6) is 0 Å². The molecule has 0 aromatic carbocycles. The van der Waals surface area contributed by atoms with Crippen LogP contribution in [0.15, 0.2) is 0 Å². The third-order valence-electron chi connectivity index (χ3n) is 3.76. The van der Waals surface area contributed by atoms with Crippen molar-refractivity contribution in [3.8, 4) is 0 Å². The predicted octanol–water partition coefficient (Wildman–Crippen LogP) is -1.13. The number of rotatable bonds is 5. The Kier molecular flexibility index (Phi) is 5.79. The van der Waals surface area contributed by atoms with Crippen LogP contribution in [0.1, 0.15) is 13.3 Å². The molecule has 1 saturated heterocycles. The lowest BCUT2D eigenvalue weighted by Crippen LogP contribution is -2.72. The molecule has 2 amide bonds. The SMILES string of the molecule is COC(=O)N1CCN([C@@H](CC=O)C(=O)O)C(C)(C(=O)OC)C1=O. The van der Waals surface area contributed by atoms with Crippen LogP contribution in [0.4, 0.5) is 4.79 Å². The van der Waals surface area contributed by atoms with Gasteiger partial charge in [0.2, 0.25) is 0 Å². The maximum atomic E-state index is 12.6. The van der Waals surface area contributed by atoms with E-state index in [1.807, 2.05) is 0 Å². The summed E-state index contributed by atoms with van der Waals surface area (Å²) in [6, 6.07) is -1.40. The van der Waals surface area contributed by atoms with Crippen LogP contribution < -0.4 is 0 Å². The minimum Gasteiger partial charge on any atom is -0.480 e. The summed E-state index contributed by atoms with van der Waals surface area (Å²) in [5, 5.41) is 9.28. The first kappa shape index (κ1) is 18.6. The number of nitrogens with zero attached hydrogens (tertiary/aromatic N) is 2. The summed E-state index contributed by atoms with van der Waals surface area (Å²) in [6.07, 6.45) is -1.01. The molecule has 1 unspecified atom stereocenters. The minimum atomic E-state index is -2.06. The first-order valence-electron chi connectivity index (χ1n) is 6.67. The number of aliphatic carboxylic acids is 1. The number of carbonyl (C=O) groups is 5. The van der Waals surface area contributed by atoms with Gasteiger partial charge in [0.15, 0.2) is 5.54 Å². The Bertz CT molecular complexity index is 534. The summed E-state index contributed by atoms with van der Waals surface area (Å²) in [4.78, 5) is 60.3. The van der Waals surface area contributed by atoms with E-state index in [4.69, 9.17) is 0 Å². The van der Waals surface area contributed by atoms with Crippen LogP contribution in [0.2, 0.25) is 0 Å². The average Bonchev–Trinajstić information content (AvgIpc) is 2.53. The van der Waals surface area contributed by atoms with Crippen molar-refractivity contribution in [1.29, 1.82) is 0 Å². The van der Waals surface area contributed by atoms with Gasteiger partial charge in [-0.25, -0.2) is 14.5 Å². The predicted molar refractivity (Wildman–Crippen MR) is 73.3 cm³/mol. The third kappa shape index (κ3) is 3.16. The monoisotopic (exact) mass is 330 g/mol. The Balaban J connectivity index is 3.34. The van der Waals surface area contributed by atoms with E-state index < -0.39 is 41.9 Å². The molecule has 1 aliphatic rings. The Hall–Kier alpha value is -2.49. The second-order valence-electron chi connectivity index (χ2n) is 4.94. The lowest BCUT2D eigenvalue weighted by molar-refractivity contribution is -0.174. The number of carbonyl (C=O) groups excluding carboxylic acids is 4. The first-order valence-corrected chi connectivity index (χ1v) is 6.67. The Labute approximate surface area is 131 Å². The second-order valence-corrected chi connectivity index (χ2v) is 4.94. The fourth-order valence-electron chi connectivity index (χ4n) is 2.53. The van der Waals surface area contributed by atoms with Crippen molar-refractivity contribution >= 4 is 30.2 Å². The molecule has 1 heterocycles. The van der Waals surface area contributed by atoms with Crippen molar-refractivity contribution in [2.24, 2.45) is 0 Å². The third-order valence-corrected chi connectivity index (χ3v) is 3.76. The zero-order valence-electron chi connectivity index (χ0n) is 13.0. The van der Waals surface area contributed by atoms with Gasteiger partial charge in [-0.2, -0.15) is 0 Å². The number of esters is 1. The number of carboxylic acids is 1. The number of carboxylic acid groups (broad SMARTS) is 1. The quantitative estimate of drug-likeness (QED) is 0.378. The summed E-state index contributed by atoms with van der Waals surface area (Å²) >= 11 is 0. The molecule has 23 heavy (non-hydrogen) atoms. The molecule has 1 rings (SSSR count). The maximum Gasteiger partial charge on any atom is 0.416 e. The van der Waals surface area contributed by atoms with Crippen molar-refractivity contribution in [3.63, 3.8) is 0 Å². The standard InChI is InChI=1S/C13H18N2O8/c1-13(11(20)22-2)10(19)14(12(21)23-3)5-6-15(13)8(4-7-16)9(17)18/h7-8H,4-6H2,1-3H3,(H,17,18)/t8-,13?/m0/s1. The van der Waals surface area contributed by atoms with Gasteiger partial charge in [-0.3, -0.25) is 14.5 Å². The van der Waals surface area contributed by atoms with E-state index in [-0.39, 0.29) is 13.1 Å². The molecule has 1 aliphatic heterocycles. The van der Waals surface area contributed by atoms with Crippen molar-refractivity contribution in [2.75, 3.05) is 27.3 Å². The summed E-state index contributed by atoms with van der Waals surface area (Å²) in [5.41, 5.74) is -2.06. The number of amides is 2. The highest BCUT2D eigenvalue weighted by molar-refractivity contribution is 6.12. The molecular weight excluding hydrogens is 312 g/mol. The highest BCUT2D eigenvalue weighted by Gasteiger charge is 2.57. The van der Waals surface area contributed by atoms with Gasteiger partial charge < -0.3 is 19.4 Å². The van der Waals surface area contributed by atoms with Gasteiger partial charge in [-0.15, -0.1) is 0 Å². The smallest absolute Gasteiger partial charge is 0.416 e. The zero-order chi connectivity index (χ0) is 17.8. The Morgan fingerprint density at radius 1 is 1.30 bits per heavy atom. The molecule has 2 atom stereocenters. The van der Waals surface area contributed by atoms with E-state index >= 15 is 0 Å². The summed E-state index contributed by atoms with van der Waals surface area (Å²) in [5.74, 6) is -3.38. The van der Waals surface area contributed by atoms with Gasteiger partial charge in [0.25, 0.3) is 5.91 Å². The zero-order valence-corrected chi connectivity index (χ0v) is 13.0. The fourth-order valence-corrected chi connectivity index (χ4v) is 2.53. The van der Waals surface area contributed by atoms with Crippen LogP contribution in [-0.2, 0) is 28.7 Å². The van der Waals surface area contributed by atoms with Gasteiger partial charge >= 0.3 is 18.0 Å². The molecule has 0 aliphatic carbocycles. The van der Waals surface area contributed by atoms with Crippen molar-refractivity contribution in [3.05, 3.63) is 0 Å². The molecule has 0 spiro atoms. The largest absolute Gasteiger partial charge is 0.480 e. The molecule has 0 aromatic rings. The van der Waals surface area contributed by atoms with E-state index in [0.717, 1.165) is 26.0 Å². The number of imide groups is 1. The van der Waals surface area contributed by atoms with E-state index in [1.165, 1.54) is 0 Å². The van der Waals surface area contributed by atoms with Gasteiger partial charge in [0.1, 0.15) is 12.3 Å². The summed E-state index contributed by atoms with van der Waals surface area (Å²) < 4.78 is 9.08. The lowest BCUT2D eigenvalue weighted by atomic mass is 9.92. The fraction of sp³-hybridized carbons (Fsp3) is 0.615. The summed E-state index contributed by atoms with van der Waals surface area (Å²) in [6.45, 7) is 0.842. The van der Waals surface area contributed by atoms with Gasteiger partial charge in [-0.1, -0.05) is 0 Å². The average molecular weight is 330 g/mol. The van der Waals surface area contributed by atoms with Gasteiger partial charge in [0.05, 0.1) is 14.2 Å².